The number of benzene rings is 1. The molecule has 1 N–H and O–H groups in total. The molecule has 2 rings (SSSR count). The Morgan fingerprint density at radius 2 is 2.31 bits per heavy atom. The highest BCUT2D eigenvalue weighted by Crippen LogP contribution is 2.22. The van der Waals surface area contributed by atoms with Crippen molar-refractivity contribution in [3.8, 4) is 0 Å². The fourth-order valence-corrected chi connectivity index (χ4v) is 1.45. The summed E-state index contributed by atoms with van der Waals surface area (Å²) in [4.78, 5) is 4.02. The van der Waals surface area contributed by atoms with E-state index in [1.54, 1.807) is 13.0 Å². The van der Waals surface area contributed by atoms with Crippen molar-refractivity contribution in [1.82, 2.24) is 10.1 Å². The van der Waals surface area contributed by atoms with E-state index in [2.05, 4.69) is 15.5 Å². The Labute approximate surface area is 96.4 Å². The molecule has 0 amide bonds. The Balaban J connectivity index is 2.04. The molecule has 1 aromatic heterocycles. The van der Waals surface area contributed by atoms with Gasteiger partial charge in [-0.05, 0) is 18.2 Å². The van der Waals surface area contributed by atoms with Crippen molar-refractivity contribution in [2.45, 2.75) is 13.5 Å². The van der Waals surface area contributed by atoms with Crippen LogP contribution in [0.15, 0.2) is 22.7 Å². The first kappa shape index (κ1) is 10.9. The van der Waals surface area contributed by atoms with Gasteiger partial charge in [-0.1, -0.05) is 16.8 Å². The molecule has 84 valence electrons. The maximum absolute atomic E-state index is 12.8. The van der Waals surface area contributed by atoms with E-state index in [-0.39, 0.29) is 5.82 Å². The first-order chi connectivity index (χ1) is 7.65. The van der Waals surface area contributed by atoms with Crippen LogP contribution in [0.25, 0.3) is 0 Å². The molecule has 0 aliphatic rings. The van der Waals surface area contributed by atoms with Crippen LogP contribution in [-0.2, 0) is 6.54 Å². The van der Waals surface area contributed by atoms with Crippen LogP contribution in [0, 0.1) is 12.7 Å². The number of aryl methyl sites for hydroxylation is 1. The first-order valence-electron chi connectivity index (χ1n) is 4.63. The molecule has 0 fully saturated rings. The molecule has 0 bridgehead atoms. The van der Waals surface area contributed by atoms with Crippen molar-refractivity contribution in [3.05, 3.63) is 40.8 Å². The lowest BCUT2D eigenvalue weighted by molar-refractivity contribution is 0.388. The number of anilines is 1. The summed E-state index contributed by atoms with van der Waals surface area (Å²) in [5, 5.41) is 7.02. The van der Waals surface area contributed by atoms with E-state index < -0.39 is 0 Å². The summed E-state index contributed by atoms with van der Waals surface area (Å²) >= 11 is 5.83. The molecule has 0 radical (unpaired) electrons. The average molecular weight is 242 g/mol. The van der Waals surface area contributed by atoms with Crippen molar-refractivity contribution in [3.63, 3.8) is 0 Å². The fraction of sp³-hybridized carbons (Fsp3) is 0.200. The van der Waals surface area contributed by atoms with Crippen LogP contribution in [-0.4, -0.2) is 10.1 Å². The predicted octanol–water partition coefficient (Wildman–Crippen LogP) is 2.78. The number of rotatable bonds is 3. The number of halogens is 2. The number of hydrogen-bond acceptors (Lipinski definition) is 4. The minimum Gasteiger partial charge on any atom is -0.376 e. The third kappa shape index (κ3) is 2.49. The molecule has 1 aromatic carbocycles. The molecule has 1 heterocycles. The normalized spacial score (nSPS) is 10.4. The molecule has 0 aliphatic heterocycles. The van der Waals surface area contributed by atoms with Crippen LogP contribution in [0.3, 0.4) is 0 Å². The van der Waals surface area contributed by atoms with Crippen LogP contribution in [0.5, 0.6) is 0 Å². The summed E-state index contributed by atoms with van der Waals surface area (Å²) in [5.41, 5.74) is 0.630. The third-order valence-electron chi connectivity index (χ3n) is 1.94. The predicted molar refractivity (Wildman–Crippen MR) is 57.8 cm³/mol. The zero-order valence-corrected chi connectivity index (χ0v) is 9.25. The van der Waals surface area contributed by atoms with Crippen molar-refractivity contribution in [2.24, 2.45) is 0 Å². The number of hydrogen-bond donors (Lipinski definition) is 1. The number of nitrogens with one attached hydrogen (secondary N) is 1. The summed E-state index contributed by atoms with van der Waals surface area (Å²) in [6.45, 7) is 2.09. The molecular formula is C10H9ClFN3O. The monoisotopic (exact) mass is 241 g/mol. The SMILES string of the molecule is Cc1nc(CNc2ccc(F)cc2Cl)no1. The average Bonchev–Trinajstić information content (AvgIpc) is 2.63. The maximum Gasteiger partial charge on any atom is 0.223 e. The highest BCUT2D eigenvalue weighted by atomic mass is 35.5. The molecular weight excluding hydrogens is 233 g/mol. The molecule has 0 spiro atoms. The van der Waals surface area contributed by atoms with Gasteiger partial charge in [0.2, 0.25) is 5.89 Å². The Hall–Kier alpha value is -1.62. The van der Waals surface area contributed by atoms with Crippen molar-refractivity contribution >= 4 is 17.3 Å². The van der Waals surface area contributed by atoms with Crippen molar-refractivity contribution < 1.29 is 8.91 Å². The van der Waals surface area contributed by atoms with Gasteiger partial charge in [0, 0.05) is 6.92 Å². The van der Waals surface area contributed by atoms with Gasteiger partial charge in [0.25, 0.3) is 0 Å². The van der Waals surface area contributed by atoms with E-state index in [1.807, 2.05) is 0 Å². The van der Waals surface area contributed by atoms with Crippen LogP contribution >= 0.6 is 11.6 Å². The van der Waals surface area contributed by atoms with Crippen molar-refractivity contribution in [2.75, 3.05) is 5.32 Å². The van der Waals surface area contributed by atoms with Gasteiger partial charge in [0.05, 0.1) is 17.3 Å². The van der Waals surface area contributed by atoms with E-state index in [4.69, 9.17) is 16.1 Å². The molecule has 0 aliphatic carbocycles. The molecule has 0 saturated heterocycles. The standard InChI is InChI=1S/C10H9ClFN3O/c1-6-14-10(15-16-6)5-13-9-3-2-7(12)4-8(9)11/h2-4,13H,5H2,1H3. The van der Waals surface area contributed by atoms with Gasteiger partial charge in [0.15, 0.2) is 5.82 Å². The summed E-state index contributed by atoms with van der Waals surface area (Å²) in [6, 6.07) is 4.13. The highest BCUT2D eigenvalue weighted by Gasteiger charge is 2.04. The lowest BCUT2D eigenvalue weighted by Gasteiger charge is -2.05. The van der Waals surface area contributed by atoms with Crippen LogP contribution in [0.4, 0.5) is 10.1 Å². The summed E-state index contributed by atoms with van der Waals surface area (Å²) < 4.78 is 17.6. The second kappa shape index (κ2) is 4.49. The van der Waals surface area contributed by atoms with E-state index in [0.717, 1.165) is 0 Å². The second-order valence-electron chi connectivity index (χ2n) is 3.21. The Morgan fingerprint density at radius 3 is 2.94 bits per heavy atom. The number of nitrogens with zero attached hydrogens (tertiary/aromatic N) is 2. The van der Waals surface area contributed by atoms with Gasteiger partial charge in [0.1, 0.15) is 5.82 Å². The van der Waals surface area contributed by atoms with Gasteiger partial charge in [-0.3, -0.25) is 0 Å². The summed E-state index contributed by atoms with van der Waals surface area (Å²) in [7, 11) is 0. The number of aromatic nitrogens is 2. The maximum atomic E-state index is 12.8. The Kier molecular flexibility index (Phi) is 3.05. The summed E-state index contributed by atoms with van der Waals surface area (Å²) in [6.07, 6.45) is 0. The smallest absolute Gasteiger partial charge is 0.223 e. The third-order valence-corrected chi connectivity index (χ3v) is 2.25. The highest BCUT2D eigenvalue weighted by molar-refractivity contribution is 6.33. The van der Waals surface area contributed by atoms with Gasteiger partial charge in [-0.15, -0.1) is 0 Å². The minimum absolute atomic E-state index is 0.320. The molecule has 2 aromatic rings. The van der Waals surface area contributed by atoms with Gasteiger partial charge < -0.3 is 9.84 Å². The zero-order valence-electron chi connectivity index (χ0n) is 8.50. The van der Waals surface area contributed by atoms with Gasteiger partial charge in [-0.2, -0.15) is 4.98 Å². The second-order valence-corrected chi connectivity index (χ2v) is 3.61. The molecule has 4 nitrogen and oxygen atoms in total. The van der Waals surface area contributed by atoms with E-state index in [0.29, 0.717) is 29.0 Å². The molecule has 16 heavy (non-hydrogen) atoms. The molecule has 0 atom stereocenters. The van der Waals surface area contributed by atoms with E-state index >= 15 is 0 Å². The van der Waals surface area contributed by atoms with Crippen LogP contribution in [0.2, 0.25) is 5.02 Å². The van der Waals surface area contributed by atoms with E-state index in [1.165, 1.54) is 12.1 Å². The van der Waals surface area contributed by atoms with Gasteiger partial charge >= 0.3 is 0 Å². The fourth-order valence-electron chi connectivity index (χ4n) is 1.22. The topological polar surface area (TPSA) is 51.0 Å². The quantitative estimate of drug-likeness (QED) is 0.898. The lowest BCUT2D eigenvalue weighted by Crippen LogP contribution is -2.01. The van der Waals surface area contributed by atoms with Crippen molar-refractivity contribution in [1.29, 1.82) is 0 Å². The Morgan fingerprint density at radius 1 is 1.50 bits per heavy atom. The minimum atomic E-state index is -0.369. The van der Waals surface area contributed by atoms with Crippen LogP contribution < -0.4 is 5.32 Å². The zero-order chi connectivity index (χ0) is 11.5. The molecule has 0 saturated carbocycles. The Bertz CT molecular complexity index is 501. The molecule has 0 unspecified atom stereocenters. The van der Waals surface area contributed by atoms with Gasteiger partial charge in [-0.25, -0.2) is 4.39 Å². The summed E-state index contributed by atoms with van der Waals surface area (Å²) in [5.74, 6) is 0.658. The van der Waals surface area contributed by atoms with Crippen LogP contribution in [0.1, 0.15) is 11.7 Å². The molecule has 6 heteroatoms. The van der Waals surface area contributed by atoms with E-state index in [9.17, 15) is 4.39 Å². The largest absolute Gasteiger partial charge is 0.376 e. The first-order valence-corrected chi connectivity index (χ1v) is 5.01. The lowest BCUT2D eigenvalue weighted by atomic mass is 10.3.